The van der Waals surface area contributed by atoms with Crippen LogP contribution in [0, 0.1) is 5.41 Å². The average Bonchev–Trinajstić information content (AvgIpc) is 2.26. The van der Waals surface area contributed by atoms with E-state index in [4.69, 9.17) is 5.73 Å². The van der Waals surface area contributed by atoms with Crippen molar-refractivity contribution in [2.24, 2.45) is 11.1 Å². The molecule has 0 heterocycles. The standard InChI is InChI=1S/C13H27N3O2/c1-6-7-16(9-11(17)15-5)12(18)8-10(14)13(2,3)4/h10H,6-9,14H2,1-5H3,(H,15,17). The summed E-state index contributed by atoms with van der Waals surface area (Å²) < 4.78 is 0. The molecule has 0 aliphatic heterocycles. The van der Waals surface area contributed by atoms with E-state index in [-0.39, 0.29) is 36.2 Å². The zero-order valence-electron chi connectivity index (χ0n) is 12.2. The molecule has 5 nitrogen and oxygen atoms in total. The molecule has 1 unspecified atom stereocenters. The van der Waals surface area contributed by atoms with Crippen LogP contribution in [0.25, 0.3) is 0 Å². The summed E-state index contributed by atoms with van der Waals surface area (Å²) >= 11 is 0. The van der Waals surface area contributed by atoms with Crippen LogP contribution in [0.1, 0.15) is 40.5 Å². The summed E-state index contributed by atoms with van der Waals surface area (Å²) in [5.41, 5.74) is 5.89. The van der Waals surface area contributed by atoms with Crippen molar-refractivity contribution < 1.29 is 9.59 Å². The maximum absolute atomic E-state index is 12.1. The number of hydrogen-bond acceptors (Lipinski definition) is 3. The van der Waals surface area contributed by atoms with Crippen LogP contribution in [-0.4, -0.2) is 42.9 Å². The lowest BCUT2D eigenvalue weighted by molar-refractivity contribution is -0.136. The van der Waals surface area contributed by atoms with Gasteiger partial charge in [0.15, 0.2) is 0 Å². The summed E-state index contributed by atoms with van der Waals surface area (Å²) in [6.07, 6.45) is 1.11. The third-order valence-electron chi connectivity index (χ3n) is 2.97. The highest BCUT2D eigenvalue weighted by Crippen LogP contribution is 2.20. The highest BCUT2D eigenvalue weighted by molar-refractivity contribution is 5.84. The molecule has 106 valence electrons. The molecule has 0 aliphatic carbocycles. The first-order valence-electron chi connectivity index (χ1n) is 6.46. The van der Waals surface area contributed by atoms with Gasteiger partial charge in [-0.1, -0.05) is 27.7 Å². The van der Waals surface area contributed by atoms with Crippen molar-refractivity contribution in [1.82, 2.24) is 10.2 Å². The molecule has 18 heavy (non-hydrogen) atoms. The topological polar surface area (TPSA) is 75.4 Å². The van der Waals surface area contributed by atoms with Crippen molar-refractivity contribution in [2.45, 2.75) is 46.6 Å². The Balaban J connectivity index is 4.52. The maximum Gasteiger partial charge on any atom is 0.239 e. The number of nitrogens with two attached hydrogens (primary N) is 1. The quantitative estimate of drug-likeness (QED) is 0.736. The maximum atomic E-state index is 12.1. The molecule has 0 rings (SSSR count). The summed E-state index contributed by atoms with van der Waals surface area (Å²) in [7, 11) is 1.57. The van der Waals surface area contributed by atoms with Crippen LogP contribution in [-0.2, 0) is 9.59 Å². The second-order valence-corrected chi connectivity index (χ2v) is 5.67. The van der Waals surface area contributed by atoms with Gasteiger partial charge in [0, 0.05) is 26.1 Å². The minimum atomic E-state index is -0.200. The third-order valence-corrected chi connectivity index (χ3v) is 2.97. The van der Waals surface area contributed by atoms with Crippen LogP contribution in [0.5, 0.6) is 0 Å². The minimum absolute atomic E-state index is 0.0529. The molecule has 1 atom stereocenters. The number of carbonyl (C=O) groups excluding carboxylic acids is 2. The molecule has 0 fully saturated rings. The van der Waals surface area contributed by atoms with Gasteiger partial charge in [-0.05, 0) is 11.8 Å². The van der Waals surface area contributed by atoms with E-state index in [2.05, 4.69) is 5.32 Å². The molecule has 0 radical (unpaired) electrons. The number of amides is 2. The van der Waals surface area contributed by atoms with Gasteiger partial charge in [0.25, 0.3) is 0 Å². The molecule has 0 saturated heterocycles. The molecule has 0 aromatic rings. The van der Waals surface area contributed by atoms with Crippen LogP contribution < -0.4 is 11.1 Å². The Morgan fingerprint density at radius 1 is 1.33 bits per heavy atom. The summed E-state index contributed by atoms with van der Waals surface area (Å²) in [4.78, 5) is 25.0. The van der Waals surface area contributed by atoms with Gasteiger partial charge in [0.05, 0.1) is 6.54 Å². The summed E-state index contributed by atoms with van der Waals surface area (Å²) in [5.74, 6) is -0.205. The lowest BCUT2D eigenvalue weighted by Crippen LogP contribution is -2.45. The van der Waals surface area contributed by atoms with Crippen molar-refractivity contribution in [3.05, 3.63) is 0 Å². The fourth-order valence-electron chi connectivity index (χ4n) is 1.44. The van der Waals surface area contributed by atoms with E-state index in [1.807, 2.05) is 27.7 Å². The normalized spacial score (nSPS) is 13.0. The van der Waals surface area contributed by atoms with Crippen LogP contribution in [0.3, 0.4) is 0 Å². The Bertz CT molecular complexity index is 284. The molecule has 0 saturated carbocycles. The number of hydrogen-bond donors (Lipinski definition) is 2. The first-order chi connectivity index (χ1) is 8.22. The van der Waals surface area contributed by atoms with Crippen molar-refractivity contribution in [1.29, 1.82) is 0 Å². The predicted octanol–water partition coefficient (Wildman–Crippen LogP) is 0.735. The number of likely N-dealkylation sites (N-methyl/N-ethyl adjacent to an activating group) is 1. The monoisotopic (exact) mass is 257 g/mol. The van der Waals surface area contributed by atoms with Crippen LogP contribution in [0.2, 0.25) is 0 Å². The van der Waals surface area contributed by atoms with E-state index >= 15 is 0 Å². The molecule has 0 bridgehead atoms. The molecule has 0 aromatic carbocycles. The number of carbonyl (C=O) groups is 2. The average molecular weight is 257 g/mol. The van der Waals surface area contributed by atoms with E-state index in [9.17, 15) is 9.59 Å². The summed E-state index contributed by atoms with van der Waals surface area (Å²) in [6, 6.07) is -0.200. The number of nitrogens with one attached hydrogen (secondary N) is 1. The minimum Gasteiger partial charge on any atom is -0.358 e. The fourth-order valence-corrected chi connectivity index (χ4v) is 1.44. The highest BCUT2D eigenvalue weighted by atomic mass is 16.2. The SMILES string of the molecule is CCCN(CC(=O)NC)C(=O)CC(N)C(C)(C)C. The Labute approximate surface area is 110 Å². The van der Waals surface area contributed by atoms with Crippen LogP contribution in [0.4, 0.5) is 0 Å². The second kappa shape index (κ2) is 7.36. The van der Waals surface area contributed by atoms with Gasteiger partial charge in [-0.2, -0.15) is 0 Å². The molecule has 5 heteroatoms. The Morgan fingerprint density at radius 2 is 1.89 bits per heavy atom. The van der Waals surface area contributed by atoms with E-state index < -0.39 is 0 Å². The number of rotatable bonds is 6. The molecule has 0 spiro atoms. The van der Waals surface area contributed by atoms with Crippen LogP contribution >= 0.6 is 0 Å². The molecule has 2 amide bonds. The van der Waals surface area contributed by atoms with E-state index in [0.717, 1.165) is 6.42 Å². The molecule has 0 aromatic heterocycles. The lowest BCUT2D eigenvalue weighted by Gasteiger charge is -2.29. The van der Waals surface area contributed by atoms with Crippen molar-refractivity contribution in [3.63, 3.8) is 0 Å². The van der Waals surface area contributed by atoms with Gasteiger partial charge in [0.1, 0.15) is 0 Å². The number of nitrogens with zero attached hydrogens (tertiary/aromatic N) is 1. The van der Waals surface area contributed by atoms with Crippen molar-refractivity contribution >= 4 is 11.8 Å². The fraction of sp³-hybridized carbons (Fsp3) is 0.846. The predicted molar refractivity (Wildman–Crippen MR) is 73.0 cm³/mol. The van der Waals surface area contributed by atoms with Gasteiger partial charge in [-0.3, -0.25) is 9.59 Å². The second-order valence-electron chi connectivity index (χ2n) is 5.67. The van der Waals surface area contributed by atoms with Crippen molar-refractivity contribution in [3.8, 4) is 0 Å². The largest absolute Gasteiger partial charge is 0.358 e. The smallest absolute Gasteiger partial charge is 0.239 e. The van der Waals surface area contributed by atoms with E-state index in [1.54, 1.807) is 11.9 Å². The van der Waals surface area contributed by atoms with E-state index in [0.29, 0.717) is 6.54 Å². The van der Waals surface area contributed by atoms with Gasteiger partial charge >= 0.3 is 0 Å². The third kappa shape index (κ3) is 6.00. The molecular formula is C13H27N3O2. The lowest BCUT2D eigenvalue weighted by atomic mass is 9.85. The van der Waals surface area contributed by atoms with E-state index in [1.165, 1.54) is 0 Å². The highest BCUT2D eigenvalue weighted by Gasteiger charge is 2.26. The van der Waals surface area contributed by atoms with Crippen LogP contribution in [0.15, 0.2) is 0 Å². The Kier molecular flexibility index (Phi) is 6.91. The molecule has 3 N–H and O–H groups in total. The summed E-state index contributed by atoms with van der Waals surface area (Å²) in [6.45, 7) is 8.70. The Hall–Kier alpha value is -1.10. The zero-order valence-corrected chi connectivity index (χ0v) is 12.2. The van der Waals surface area contributed by atoms with Gasteiger partial charge < -0.3 is 16.0 Å². The van der Waals surface area contributed by atoms with Gasteiger partial charge in [0.2, 0.25) is 11.8 Å². The first-order valence-corrected chi connectivity index (χ1v) is 6.46. The summed E-state index contributed by atoms with van der Waals surface area (Å²) in [5, 5.41) is 2.53. The molecular weight excluding hydrogens is 230 g/mol. The first kappa shape index (κ1) is 16.9. The molecule has 0 aliphatic rings. The Morgan fingerprint density at radius 3 is 2.28 bits per heavy atom. The van der Waals surface area contributed by atoms with Crippen molar-refractivity contribution in [2.75, 3.05) is 20.1 Å². The zero-order chi connectivity index (χ0) is 14.3. The van der Waals surface area contributed by atoms with Gasteiger partial charge in [-0.25, -0.2) is 0 Å². The van der Waals surface area contributed by atoms with Gasteiger partial charge in [-0.15, -0.1) is 0 Å².